The number of likely N-dealkylation sites (N-methyl/N-ethyl adjacent to an activating group) is 1. The van der Waals surface area contributed by atoms with Crippen LogP contribution in [0.3, 0.4) is 0 Å². The summed E-state index contributed by atoms with van der Waals surface area (Å²) >= 11 is 5.13. The summed E-state index contributed by atoms with van der Waals surface area (Å²) in [5.41, 5.74) is 1.41. The van der Waals surface area contributed by atoms with Crippen molar-refractivity contribution in [2.24, 2.45) is 5.92 Å². The van der Waals surface area contributed by atoms with E-state index in [0.717, 1.165) is 11.3 Å². The number of amides is 1. The molecule has 0 saturated carbocycles. The summed E-state index contributed by atoms with van der Waals surface area (Å²) in [4.78, 5) is 13.7. The molecular formula is C16H20N2O2S. The minimum atomic E-state index is -0.0870. The van der Waals surface area contributed by atoms with Crippen LogP contribution in [-0.4, -0.2) is 29.1 Å². The lowest BCUT2D eigenvalue weighted by Gasteiger charge is -2.09. The molecule has 1 aromatic carbocycles. The second-order valence-electron chi connectivity index (χ2n) is 5.31. The number of nitrogens with zero attached hydrogens (tertiary/aromatic N) is 1. The summed E-state index contributed by atoms with van der Waals surface area (Å²) in [5, 5.41) is 3.41. The average molecular weight is 304 g/mol. The Morgan fingerprint density at radius 2 is 2.19 bits per heavy atom. The van der Waals surface area contributed by atoms with E-state index in [4.69, 9.17) is 17.0 Å². The molecule has 1 amide bonds. The molecule has 1 aliphatic rings. The van der Waals surface area contributed by atoms with Crippen molar-refractivity contribution in [3.05, 3.63) is 35.5 Å². The molecule has 1 aromatic rings. The Morgan fingerprint density at radius 3 is 2.81 bits per heavy atom. The minimum Gasteiger partial charge on any atom is -0.493 e. The molecule has 21 heavy (non-hydrogen) atoms. The summed E-state index contributed by atoms with van der Waals surface area (Å²) < 4.78 is 5.69. The van der Waals surface area contributed by atoms with E-state index in [0.29, 0.717) is 29.9 Å². The normalized spacial score (nSPS) is 16.8. The minimum absolute atomic E-state index is 0.0870. The second kappa shape index (κ2) is 6.72. The molecule has 1 heterocycles. The van der Waals surface area contributed by atoms with Crippen LogP contribution in [-0.2, 0) is 4.79 Å². The van der Waals surface area contributed by atoms with Crippen molar-refractivity contribution < 1.29 is 9.53 Å². The zero-order valence-corrected chi connectivity index (χ0v) is 13.4. The van der Waals surface area contributed by atoms with E-state index in [2.05, 4.69) is 19.2 Å². The molecule has 0 spiro atoms. The number of nitrogens with one attached hydrogen (secondary N) is 1. The van der Waals surface area contributed by atoms with Crippen LogP contribution in [0.5, 0.6) is 5.75 Å². The summed E-state index contributed by atoms with van der Waals surface area (Å²) in [5.74, 6) is 1.19. The number of carbonyl (C=O) groups is 1. The average Bonchev–Trinajstić information content (AvgIpc) is 2.71. The van der Waals surface area contributed by atoms with Gasteiger partial charge in [-0.1, -0.05) is 26.0 Å². The van der Waals surface area contributed by atoms with Crippen LogP contribution in [0, 0.1) is 5.92 Å². The number of benzene rings is 1. The molecule has 1 N–H and O–H groups in total. The molecule has 0 radical (unpaired) electrons. The standard InChI is InChI=1S/C16H20N2O2S/c1-4-18-15(19)14(17-16(18)21)9-12-6-5-7-13(8-12)20-10-11(2)3/h5-9,11H,4,10H2,1-3H3,(H,17,21)/b14-9+. The fourth-order valence-electron chi connectivity index (χ4n) is 1.98. The van der Waals surface area contributed by atoms with Gasteiger partial charge in [0.05, 0.1) is 6.61 Å². The number of hydrogen-bond donors (Lipinski definition) is 1. The van der Waals surface area contributed by atoms with Crippen molar-refractivity contribution in [2.45, 2.75) is 20.8 Å². The first kappa shape index (κ1) is 15.5. The van der Waals surface area contributed by atoms with Crippen LogP contribution >= 0.6 is 12.2 Å². The number of ether oxygens (including phenoxy) is 1. The third-order valence-electron chi connectivity index (χ3n) is 3.03. The fraction of sp³-hybridized carbons (Fsp3) is 0.375. The highest BCUT2D eigenvalue weighted by Gasteiger charge is 2.28. The molecule has 0 bridgehead atoms. The lowest BCUT2D eigenvalue weighted by Crippen LogP contribution is -2.30. The molecular weight excluding hydrogens is 284 g/mol. The van der Waals surface area contributed by atoms with Gasteiger partial charge in [0, 0.05) is 6.54 Å². The van der Waals surface area contributed by atoms with Crippen LogP contribution in [0.4, 0.5) is 0 Å². The maximum atomic E-state index is 12.1. The first-order valence-corrected chi connectivity index (χ1v) is 7.49. The van der Waals surface area contributed by atoms with E-state index in [9.17, 15) is 4.79 Å². The molecule has 0 aliphatic carbocycles. The van der Waals surface area contributed by atoms with Gasteiger partial charge in [-0.15, -0.1) is 0 Å². The van der Waals surface area contributed by atoms with Gasteiger partial charge in [0.1, 0.15) is 11.4 Å². The van der Waals surface area contributed by atoms with Gasteiger partial charge in [0.2, 0.25) is 0 Å². The molecule has 1 fully saturated rings. The molecule has 0 atom stereocenters. The van der Waals surface area contributed by atoms with Gasteiger partial charge >= 0.3 is 0 Å². The molecule has 2 rings (SSSR count). The van der Waals surface area contributed by atoms with Crippen molar-refractivity contribution >= 4 is 29.3 Å². The van der Waals surface area contributed by atoms with E-state index < -0.39 is 0 Å². The highest BCUT2D eigenvalue weighted by Crippen LogP contribution is 2.18. The second-order valence-corrected chi connectivity index (χ2v) is 5.70. The van der Waals surface area contributed by atoms with Crippen LogP contribution in [0.15, 0.2) is 30.0 Å². The van der Waals surface area contributed by atoms with Gasteiger partial charge in [0.25, 0.3) is 5.91 Å². The van der Waals surface area contributed by atoms with Crippen LogP contribution < -0.4 is 10.1 Å². The monoisotopic (exact) mass is 304 g/mol. The van der Waals surface area contributed by atoms with Gasteiger partial charge in [-0.2, -0.15) is 0 Å². The zero-order valence-electron chi connectivity index (χ0n) is 12.6. The predicted molar refractivity (Wildman–Crippen MR) is 87.9 cm³/mol. The number of carbonyl (C=O) groups excluding carboxylic acids is 1. The molecule has 5 heteroatoms. The maximum absolute atomic E-state index is 12.1. The molecule has 0 aromatic heterocycles. The van der Waals surface area contributed by atoms with E-state index in [1.54, 1.807) is 11.0 Å². The SMILES string of the molecule is CCN1C(=O)/C(=C\c2cccc(OCC(C)C)c2)NC1=S. The number of hydrogen-bond acceptors (Lipinski definition) is 3. The number of rotatable bonds is 5. The smallest absolute Gasteiger partial charge is 0.276 e. The van der Waals surface area contributed by atoms with Gasteiger partial charge in [0.15, 0.2) is 5.11 Å². The molecule has 1 saturated heterocycles. The van der Waals surface area contributed by atoms with Crippen molar-refractivity contribution in [3.8, 4) is 5.75 Å². The fourth-order valence-corrected chi connectivity index (χ4v) is 2.30. The summed E-state index contributed by atoms with van der Waals surface area (Å²) in [6.07, 6.45) is 1.80. The Balaban J connectivity index is 2.16. The quantitative estimate of drug-likeness (QED) is 0.671. The lowest BCUT2D eigenvalue weighted by atomic mass is 10.1. The van der Waals surface area contributed by atoms with Crippen molar-refractivity contribution in [2.75, 3.05) is 13.2 Å². The topological polar surface area (TPSA) is 41.6 Å². The third-order valence-corrected chi connectivity index (χ3v) is 3.35. The largest absolute Gasteiger partial charge is 0.493 e. The van der Waals surface area contributed by atoms with Crippen molar-refractivity contribution in [1.82, 2.24) is 10.2 Å². The van der Waals surface area contributed by atoms with E-state index in [-0.39, 0.29) is 5.91 Å². The van der Waals surface area contributed by atoms with Gasteiger partial charge in [-0.25, -0.2) is 0 Å². The zero-order chi connectivity index (χ0) is 15.4. The molecule has 4 nitrogen and oxygen atoms in total. The first-order chi connectivity index (χ1) is 10.0. The molecule has 112 valence electrons. The Morgan fingerprint density at radius 1 is 1.43 bits per heavy atom. The summed E-state index contributed by atoms with van der Waals surface area (Å²) in [6, 6.07) is 7.68. The Labute approximate surface area is 130 Å². The van der Waals surface area contributed by atoms with Gasteiger partial charge < -0.3 is 10.1 Å². The molecule has 1 aliphatic heterocycles. The Bertz CT molecular complexity index is 581. The first-order valence-electron chi connectivity index (χ1n) is 7.08. The van der Waals surface area contributed by atoms with Crippen LogP contribution in [0.2, 0.25) is 0 Å². The van der Waals surface area contributed by atoms with E-state index in [1.165, 1.54) is 0 Å². The Hall–Kier alpha value is -1.88. The molecule has 0 unspecified atom stereocenters. The van der Waals surface area contributed by atoms with Crippen LogP contribution in [0.25, 0.3) is 6.08 Å². The number of thiocarbonyl (C=S) groups is 1. The van der Waals surface area contributed by atoms with E-state index in [1.807, 2.05) is 31.2 Å². The Kier molecular flexibility index (Phi) is 4.96. The van der Waals surface area contributed by atoms with Crippen molar-refractivity contribution in [1.29, 1.82) is 0 Å². The predicted octanol–water partition coefficient (Wildman–Crippen LogP) is 2.80. The maximum Gasteiger partial charge on any atom is 0.276 e. The highest BCUT2D eigenvalue weighted by molar-refractivity contribution is 7.80. The van der Waals surface area contributed by atoms with Crippen molar-refractivity contribution in [3.63, 3.8) is 0 Å². The summed E-state index contributed by atoms with van der Waals surface area (Å²) in [6.45, 7) is 7.35. The summed E-state index contributed by atoms with van der Waals surface area (Å²) in [7, 11) is 0. The highest BCUT2D eigenvalue weighted by atomic mass is 32.1. The van der Waals surface area contributed by atoms with Gasteiger partial charge in [-0.05, 0) is 48.8 Å². The van der Waals surface area contributed by atoms with Crippen LogP contribution in [0.1, 0.15) is 26.3 Å². The lowest BCUT2D eigenvalue weighted by molar-refractivity contribution is -0.122. The van der Waals surface area contributed by atoms with Gasteiger partial charge in [-0.3, -0.25) is 9.69 Å². The third kappa shape index (κ3) is 3.82. The van der Waals surface area contributed by atoms with E-state index >= 15 is 0 Å².